The van der Waals surface area contributed by atoms with Crippen LogP contribution in [-0.4, -0.2) is 46.1 Å². The molecule has 0 saturated heterocycles. The summed E-state index contributed by atoms with van der Waals surface area (Å²) >= 11 is 0. The van der Waals surface area contributed by atoms with Gasteiger partial charge in [0.25, 0.3) is 0 Å². The number of hydrogen-bond acceptors (Lipinski definition) is 5. The standard InChI is InChI=1S/C14H15N3O3/c1-2-7-17(8-9-18)13-10-5-3-4-6-11(10)15-16-12(13)14(19)20/h2-6,18H,1,7-9H2,(H,19,20). The summed E-state index contributed by atoms with van der Waals surface area (Å²) < 4.78 is 0. The second-order valence-corrected chi connectivity index (χ2v) is 4.18. The molecule has 0 aliphatic heterocycles. The van der Waals surface area contributed by atoms with Crippen molar-refractivity contribution in [1.82, 2.24) is 10.2 Å². The fraction of sp³-hybridized carbons (Fsp3) is 0.214. The highest BCUT2D eigenvalue weighted by Crippen LogP contribution is 2.28. The lowest BCUT2D eigenvalue weighted by molar-refractivity contribution is 0.0690. The highest BCUT2D eigenvalue weighted by atomic mass is 16.4. The first-order chi connectivity index (χ1) is 9.69. The summed E-state index contributed by atoms with van der Waals surface area (Å²) in [5.74, 6) is -1.15. The molecule has 1 aromatic carbocycles. The summed E-state index contributed by atoms with van der Waals surface area (Å²) in [6.45, 7) is 4.27. The molecule has 1 aromatic heterocycles. The van der Waals surface area contributed by atoms with Crippen molar-refractivity contribution >= 4 is 22.6 Å². The number of hydrogen-bond donors (Lipinski definition) is 2. The Morgan fingerprint density at radius 3 is 2.75 bits per heavy atom. The van der Waals surface area contributed by atoms with Crippen LogP contribution in [-0.2, 0) is 0 Å². The maximum atomic E-state index is 11.4. The molecular formula is C14H15N3O3. The first-order valence-corrected chi connectivity index (χ1v) is 6.14. The van der Waals surface area contributed by atoms with E-state index < -0.39 is 5.97 Å². The summed E-state index contributed by atoms with van der Waals surface area (Å²) in [5.41, 5.74) is 0.940. The molecule has 1 heterocycles. The number of aromatic nitrogens is 2. The monoisotopic (exact) mass is 273 g/mol. The van der Waals surface area contributed by atoms with Crippen molar-refractivity contribution in [3.8, 4) is 0 Å². The number of aromatic carboxylic acids is 1. The van der Waals surface area contributed by atoms with Gasteiger partial charge in [-0.2, -0.15) is 0 Å². The largest absolute Gasteiger partial charge is 0.476 e. The van der Waals surface area contributed by atoms with E-state index in [4.69, 9.17) is 5.11 Å². The van der Waals surface area contributed by atoms with E-state index in [1.54, 1.807) is 23.1 Å². The van der Waals surface area contributed by atoms with Gasteiger partial charge in [0.1, 0.15) is 0 Å². The fourth-order valence-corrected chi connectivity index (χ4v) is 2.07. The third-order valence-electron chi connectivity index (χ3n) is 2.88. The molecule has 0 unspecified atom stereocenters. The Kier molecular flexibility index (Phi) is 4.27. The maximum Gasteiger partial charge on any atom is 0.358 e. The number of aliphatic hydroxyl groups is 1. The zero-order valence-corrected chi connectivity index (χ0v) is 10.9. The third-order valence-corrected chi connectivity index (χ3v) is 2.88. The first kappa shape index (κ1) is 14.0. The van der Waals surface area contributed by atoms with Gasteiger partial charge in [0, 0.05) is 18.5 Å². The molecule has 2 N–H and O–H groups in total. The first-order valence-electron chi connectivity index (χ1n) is 6.14. The van der Waals surface area contributed by atoms with E-state index in [9.17, 15) is 9.90 Å². The third kappa shape index (κ3) is 2.60. The van der Waals surface area contributed by atoms with Crippen LogP contribution in [0.2, 0.25) is 0 Å². The average molecular weight is 273 g/mol. The van der Waals surface area contributed by atoms with E-state index in [1.165, 1.54) is 0 Å². The molecule has 0 bridgehead atoms. The number of benzene rings is 1. The van der Waals surface area contributed by atoms with Gasteiger partial charge >= 0.3 is 5.97 Å². The predicted octanol–water partition coefficient (Wildman–Crippen LogP) is 1.31. The number of carboxylic acid groups (broad SMARTS) is 1. The number of fused-ring (bicyclic) bond motifs is 1. The van der Waals surface area contributed by atoms with Gasteiger partial charge < -0.3 is 15.1 Å². The van der Waals surface area contributed by atoms with E-state index >= 15 is 0 Å². The molecule has 0 saturated carbocycles. The molecule has 0 amide bonds. The van der Waals surface area contributed by atoms with Crippen LogP contribution in [0.1, 0.15) is 10.5 Å². The zero-order chi connectivity index (χ0) is 14.5. The van der Waals surface area contributed by atoms with Gasteiger partial charge in [0.05, 0.1) is 17.8 Å². The van der Waals surface area contributed by atoms with Crippen LogP contribution < -0.4 is 4.90 Å². The molecule has 2 rings (SSSR count). The van der Waals surface area contributed by atoms with Gasteiger partial charge in [0.2, 0.25) is 0 Å². The number of nitrogens with zero attached hydrogens (tertiary/aromatic N) is 3. The van der Waals surface area contributed by atoms with E-state index in [0.29, 0.717) is 29.7 Å². The smallest absolute Gasteiger partial charge is 0.358 e. The average Bonchev–Trinajstić information content (AvgIpc) is 2.45. The molecule has 6 nitrogen and oxygen atoms in total. The van der Waals surface area contributed by atoms with E-state index in [0.717, 1.165) is 0 Å². The minimum absolute atomic E-state index is 0.0937. The van der Waals surface area contributed by atoms with Crippen LogP contribution in [0, 0.1) is 0 Å². The van der Waals surface area contributed by atoms with Gasteiger partial charge in [-0.1, -0.05) is 24.3 Å². The van der Waals surface area contributed by atoms with E-state index in [-0.39, 0.29) is 12.3 Å². The molecule has 0 aliphatic rings. The lowest BCUT2D eigenvalue weighted by Gasteiger charge is -2.24. The maximum absolute atomic E-state index is 11.4. The van der Waals surface area contributed by atoms with Crippen molar-refractivity contribution in [3.05, 3.63) is 42.6 Å². The summed E-state index contributed by atoms with van der Waals surface area (Å²) in [7, 11) is 0. The molecule has 6 heteroatoms. The highest BCUT2D eigenvalue weighted by molar-refractivity contribution is 6.02. The fourth-order valence-electron chi connectivity index (χ4n) is 2.07. The van der Waals surface area contributed by atoms with Crippen molar-refractivity contribution in [3.63, 3.8) is 0 Å². The minimum atomic E-state index is -1.15. The van der Waals surface area contributed by atoms with Crippen molar-refractivity contribution in [1.29, 1.82) is 0 Å². The lowest BCUT2D eigenvalue weighted by Crippen LogP contribution is -2.29. The predicted molar refractivity (Wildman–Crippen MR) is 76.0 cm³/mol. The Bertz CT molecular complexity index is 643. The minimum Gasteiger partial charge on any atom is -0.476 e. The molecule has 104 valence electrons. The van der Waals surface area contributed by atoms with Gasteiger partial charge in [0.15, 0.2) is 5.69 Å². The summed E-state index contributed by atoms with van der Waals surface area (Å²) in [6.07, 6.45) is 1.65. The van der Waals surface area contributed by atoms with Crippen molar-refractivity contribution in [2.75, 3.05) is 24.6 Å². The Morgan fingerprint density at radius 2 is 2.10 bits per heavy atom. The lowest BCUT2D eigenvalue weighted by atomic mass is 10.1. The zero-order valence-electron chi connectivity index (χ0n) is 10.9. The van der Waals surface area contributed by atoms with Crippen molar-refractivity contribution in [2.45, 2.75) is 0 Å². The Hall–Kier alpha value is -2.47. The van der Waals surface area contributed by atoms with Crippen LogP contribution in [0.15, 0.2) is 36.9 Å². The summed E-state index contributed by atoms with van der Waals surface area (Å²) in [4.78, 5) is 13.1. The van der Waals surface area contributed by atoms with Gasteiger partial charge in [-0.15, -0.1) is 16.8 Å². The molecule has 0 atom stereocenters. The molecule has 0 radical (unpaired) electrons. The van der Waals surface area contributed by atoms with Gasteiger partial charge in [-0.3, -0.25) is 0 Å². The van der Waals surface area contributed by atoms with Gasteiger partial charge in [-0.25, -0.2) is 4.79 Å². The topological polar surface area (TPSA) is 86.5 Å². The Labute approximate surface area is 116 Å². The molecule has 0 aliphatic carbocycles. The number of carbonyl (C=O) groups is 1. The van der Waals surface area contributed by atoms with Crippen LogP contribution >= 0.6 is 0 Å². The molecule has 0 fully saturated rings. The summed E-state index contributed by atoms with van der Waals surface area (Å²) in [5, 5.41) is 26.9. The van der Waals surface area contributed by atoms with Crippen molar-refractivity contribution < 1.29 is 15.0 Å². The number of rotatable bonds is 6. The molecule has 0 spiro atoms. The van der Waals surface area contributed by atoms with Crippen LogP contribution in [0.4, 0.5) is 5.69 Å². The quantitative estimate of drug-likeness (QED) is 0.772. The Balaban J connectivity index is 2.70. The van der Waals surface area contributed by atoms with E-state index in [1.807, 2.05) is 12.1 Å². The molecular weight excluding hydrogens is 258 g/mol. The second-order valence-electron chi connectivity index (χ2n) is 4.18. The van der Waals surface area contributed by atoms with Crippen LogP contribution in [0.3, 0.4) is 0 Å². The SMILES string of the molecule is C=CCN(CCO)c1c(C(=O)O)nnc2ccccc12. The molecule has 20 heavy (non-hydrogen) atoms. The molecule has 2 aromatic rings. The van der Waals surface area contributed by atoms with Crippen LogP contribution in [0.25, 0.3) is 10.9 Å². The number of anilines is 1. The summed E-state index contributed by atoms with van der Waals surface area (Å²) in [6, 6.07) is 7.18. The van der Waals surface area contributed by atoms with Gasteiger partial charge in [-0.05, 0) is 6.07 Å². The normalized spacial score (nSPS) is 10.4. The van der Waals surface area contributed by atoms with Crippen molar-refractivity contribution in [2.24, 2.45) is 0 Å². The van der Waals surface area contributed by atoms with E-state index in [2.05, 4.69) is 16.8 Å². The highest BCUT2D eigenvalue weighted by Gasteiger charge is 2.20. The second kappa shape index (κ2) is 6.12. The van der Waals surface area contributed by atoms with Crippen LogP contribution in [0.5, 0.6) is 0 Å². The Morgan fingerprint density at radius 1 is 1.35 bits per heavy atom. The number of aliphatic hydroxyl groups excluding tert-OH is 1. The number of carboxylic acids is 1.